The number of pyridine rings is 1. The molecule has 0 aliphatic carbocycles. The number of hydrogen-bond donors (Lipinski definition) is 1. The van der Waals surface area contributed by atoms with E-state index in [1.807, 2.05) is 0 Å². The lowest BCUT2D eigenvalue weighted by atomic mass is 9.98. The second kappa shape index (κ2) is 5.98. The molecule has 20 heavy (non-hydrogen) atoms. The molecular weight excluding hydrogens is 321 g/mol. The van der Waals surface area contributed by atoms with Crippen LogP contribution in [0.3, 0.4) is 0 Å². The van der Waals surface area contributed by atoms with Crippen LogP contribution >= 0.6 is 15.9 Å². The van der Waals surface area contributed by atoms with E-state index in [1.165, 1.54) is 18.9 Å². The quantitative estimate of drug-likeness (QED) is 0.908. The highest BCUT2D eigenvalue weighted by atomic mass is 79.9. The van der Waals surface area contributed by atoms with Crippen LogP contribution in [0.4, 0.5) is 10.2 Å². The van der Waals surface area contributed by atoms with Crippen molar-refractivity contribution in [1.29, 1.82) is 0 Å². The Balaban J connectivity index is 1.84. The fourth-order valence-electron chi connectivity index (χ4n) is 3.60. The molecule has 1 aromatic rings. The normalized spacial score (nSPS) is 28.6. The lowest BCUT2D eigenvalue weighted by Crippen LogP contribution is -2.49. The van der Waals surface area contributed by atoms with Gasteiger partial charge in [-0.05, 0) is 54.1 Å². The molecule has 2 aliphatic rings. The van der Waals surface area contributed by atoms with Crippen molar-refractivity contribution in [2.24, 2.45) is 0 Å². The van der Waals surface area contributed by atoms with Gasteiger partial charge in [-0.3, -0.25) is 0 Å². The van der Waals surface area contributed by atoms with Gasteiger partial charge >= 0.3 is 0 Å². The maximum Gasteiger partial charge on any atom is 0.166 e. The van der Waals surface area contributed by atoms with Crippen molar-refractivity contribution in [3.05, 3.63) is 22.6 Å². The van der Waals surface area contributed by atoms with Gasteiger partial charge in [-0.1, -0.05) is 6.92 Å². The third kappa shape index (κ3) is 2.84. The second-order valence-corrected chi connectivity index (χ2v) is 6.83. The van der Waals surface area contributed by atoms with Crippen LogP contribution in [0.15, 0.2) is 16.7 Å². The molecule has 2 bridgehead atoms. The number of halogens is 2. The molecule has 2 atom stereocenters. The fraction of sp³-hybridized carbons (Fsp3) is 0.667. The summed E-state index contributed by atoms with van der Waals surface area (Å²) < 4.78 is 14.9. The Morgan fingerprint density at radius 1 is 1.40 bits per heavy atom. The zero-order valence-corrected chi connectivity index (χ0v) is 13.4. The summed E-state index contributed by atoms with van der Waals surface area (Å²) in [6.07, 6.45) is 7.43. The molecule has 0 amide bonds. The zero-order valence-electron chi connectivity index (χ0n) is 11.8. The Bertz CT molecular complexity index is 470. The standard InChI is InChI=1S/C15H21BrFN3/c1-2-5-20(15-14(17)6-10(16)9-18-15)13-7-11-3-4-12(8-13)19-11/h6,9,11-13,19H,2-5,7-8H2,1H3. The minimum absolute atomic E-state index is 0.223. The summed E-state index contributed by atoms with van der Waals surface area (Å²) in [4.78, 5) is 6.51. The Morgan fingerprint density at radius 3 is 2.70 bits per heavy atom. The van der Waals surface area contributed by atoms with Gasteiger partial charge in [0.1, 0.15) is 0 Å². The predicted octanol–water partition coefficient (Wildman–Crippen LogP) is 3.48. The summed E-state index contributed by atoms with van der Waals surface area (Å²) in [5.41, 5.74) is 0. The maximum absolute atomic E-state index is 14.2. The van der Waals surface area contributed by atoms with E-state index in [9.17, 15) is 4.39 Å². The minimum atomic E-state index is -0.223. The first kappa shape index (κ1) is 14.3. The number of rotatable bonds is 4. The summed E-state index contributed by atoms with van der Waals surface area (Å²) in [5, 5.41) is 3.64. The third-order valence-electron chi connectivity index (χ3n) is 4.41. The van der Waals surface area contributed by atoms with Crippen LogP contribution in [0.1, 0.15) is 39.0 Å². The molecule has 2 fully saturated rings. The van der Waals surface area contributed by atoms with Crippen molar-refractivity contribution in [2.75, 3.05) is 11.4 Å². The Morgan fingerprint density at radius 2 is 2.10 bits per heavy atom. The number of anilines is 1. The van der Waals surface area contributed by atoms with Crippen LogP contribution in [0, 0.1) is 5.82 Å². The molecule has 3 rings (SSSR count). The Hall–Kier alpha value is -0.680. The van der Waals surface area contributed by atoms with Crippen LogP contribution in [-0.4, -0.2) is 29.7 Å². The first-order valence-electron chi connectivity index (χ1n) is 7.51. The van der Waals surface area contributed by atoms with Crippen molar-refractivity contribution in [2.45, 2.75) is 57.2 Å². The molecule has 3 nitrogen and oxygen atoms in total. The van der Waals surface area contributed by atoms with E-state index in [4.69, 9.17) is 0 Å². The van der Waals surface area contributed by atoms with Crippen molar-refractivity contribution >= 4 is 21.7 Å². The molecule has 3 heterocycles. The van der Waals surface area contributed by atoms with Gasteiger partial charge in [-0.2, -0.15) is 0 Å². The fourth-order valence-corrected chi connectivity index (χ4v) is 3.91. The molecule has 2 unspecified atom stereocenters. The number of nitrogens with zero attached hydrogens (tertiary/aromatic N) is 2. The molecule has 0 radical (unpaired) electrons. The van der Waals surface area contributed by atoms with Gasteiger partial charge in [0, 0.05) is 35.3 Å². The number of aromatic nitrogens is 1. The number of fused-ring (bicyclic) bond motifs is 2. The van der Waals surface area contributed by atoms with Crippen molar-refractivity contribution in [1.82, 2.24) is 10.3 Å². The molecule has 1 N–H and O–H groups in total. The lowest BCUT2D eigenvalue weighted by Gasteiger charge is -2.38. The average molecular weight is 342 g/mol. The minimum Gasteiger partial charge on any atom is -0.351 e. The van der Waals surface area contributed by atoms with E-state index in [0.29, 0.717) is 28.4 Å². The van der Waals surface area contributed by atoms with Gasteiger partial charge in [0.25, 0.3) is 0 Å². The van der Waals surface area contributed by atoms with Gasteiger partial charge in [0.05, 0.1) is 0 Å². The SMILES string of the molecule is CCCN(c1ncc(Br)cc1F)C1CC2CCC(C1)N2. The summed E-state index contributed by atoms with van der Waals surface area (Å²) in [5.74, 6) is 0.292. The predicted molar refractivity (Wildman–Crippen MR) is 82.5 cm³/mol. The van der Waals surface area contributed by atoms with Crippen molar-refractivity contribution < 1.29 is 4.39 Å². The first-order chi connectivity index (χ1) is 9.67. The smallest absolute Gasteiger partial charge is 0.166 e. The highest BCUT2D eigenvalue weighted by molar-refractivity contribution is 9.10. The molecule has 0 spiro atoms. The van der Waals surface area contributed by atoms with Gasteiger partial charge < -0.3 is 10.2 Å². The molecule has 2 aliphatic heterocycles. The summed E-state index contributed by atoms with van der Waals surface area (Å²) in [6.45, 7) is 3.01. The number of piperidine rings is 1. The molecule has 5 heteroatoms. The van der Waals surface area contributed by atoms with E-state index >= 15 is 0 Å². The van der Waals surface area contributed by atoms with Crippen molar-refractivity contribution in [3.63, 3.8) is 0 Å². The molecule has 2 saturated heterocycles. The Kier molecular flexibility index (Phi) is 4.26. The van der Waals surface area contributed by atoms with Crippen LogP contribution in [0.25, 0.3) is 0 Å². The van der Waals surface area contributed by atoms with Crippen LogP contribution in [-0.2, 0) is 0 Å². The summed E-state index contributed by atoms with van der Waals surface area (Å²) in [7, 11) is 0. The van der Waals surface area contributed by atoms with Gasteiger partial charge in [-0.15, -0.1) is 0 Å². The molecule has 1 aromatic heterocycles. The monoisotopic (exact) mass is 341 g/mol. The molecule has 110 valence electrons. The largest absolute Gasteiger partial charge is 0.351 e. The molecule has 0 aromatic carbocycles. The first-order valence-corrected chi connectivity index (χ1v) is 8.30. The summed E-state index contributed by atoms with van der Waals surface area (Å²) >= 11 is 3.28. The van der Waals surface area contributed by atoms with Crippen LogP contribution in [0.2, 0.25) is 0 Å². The van der Waals surface area contributed by atoms with E-state index in [1.54, 1.807) is 6.20 Å². The van der Waals surface area contributed by atoms with Gasteiger partial charge in [0.15, 0.2) is 11.6 Å². The van der Waals surface area contributed by atoms with Gasteiger partial charge in [0.2, 0.25) is 0 Å². The maximum atomic E-state index is 14.2. The van der Waals surface area contributed by atoms with E-state index < -0.39 is 0 Å². The van der Waals surface area contributed by atoms with E-state index in [2.05, 4.69) is 38.1 Å². The summed E-state index contributed by atoms with van der Waals surface area (Å²) in [6, 6.07) is 3.14. The zero-order chi connectivity index (χ0) is 14.1. The number of nitrogens with one attached hydrogen (secondary N) is 1. The van der Waals surface area contributed by atoms with Crippen LogP contribution in [0.5, 0.6) is 0 Å². The number of hydrogen-bond acceptors (Lipinski definition) is 3. The topological polar surface area (TPSA) is 28.2 Å². The lowest BCUT2D eigenvalue weighted by molar-refractivity contribution is 0.343. The molecular formula is C15H21BrFN3. The second-order valence-electron chi connectivity index (χ2n) is 5.92. The third-order valence-corrected chi connectivity index (χ3v) is 4.85. The van der Waals surface area contributed by atoms with Crippen LogP contribution < -0.4 is 10.2 Å². The van der Waals surface area contributed by atoms with Gasteiger partial charge in [-0.25, -0.2) is 9.37 Å². The van der Waals surface area contributed by atoms with E-state index in [0.717, 1.165) is 25.8 Å². The Labute approximate surface area is 128 Å². The molecule has 0 saturated carbocycles. The highest BCUT2D eigenvalue weighted by Gasteiger charge is 2.36. The average Bonchev–Trinajstić information content (AvgIpc) is 2.76. The van der Waals surface area contributed by atoms with Crippen molar-refractivity contribution in [3.8, 4) is 0 Å². The van der Waals surface area contributed by atoms with E-state index in [-0.39, 0.29) is 5.82 Å². The highest BCUT2D eigenvalue weighted by Crippen LogP contribution is 2.33.